The Morgan fingerprint density at radius 1 is 1.46 bits per heavy atom. The fraction of sp³-hybridized carbons (Fsp3) is 0.529. The standard InChI is InChI=1S/C17H22N4O3/c1-4-11(3)21-15-13(9-18-21)12(8-10(2)19-15)16(22)20-7-5-6-14(20)17(23)24/h8-9,11,14H,4-7H2,1-3H3,(H,23,24)/t11-,14+/m0/s1. The van der Waals surface area contributed by atoms with Crippen LogP contribution in [0.2, 0.25) is 0 Å². The maximum Gasteiger partial charge on any atom is 0.326 e. The van der Waals surface area contributed by atoms with E-state index in [2.05, 4.69) is 23.9 Å². The van der Waals surface area contributed by atoms with E-state index in [9.17, 15) is 14.7 Å². The lowest BCUT2D eigenvalue weighted by atomic mass is 10.1. The van der Waals surface area contributed by atoms with Gasteiger partial charge in [-0.1, -0.05) is 6.92 Å². The van der Waals surface area contributed by atoms with Crippen molar-refractivity contribution < 1.29 is 14.7 Å². The van der Waals surface area contributed by atoms with Gasteiger partial charge in [-0.3, -0.25) is 4.79 Å². The first-order valence-corrected chi connectivity index (χ1v) is 8.32. The monoisotopic (exact) mass is 330 g/mol. The summed E-state index contributed by atoms with van der Waals surface area (Å²) >= 11 is 0. The predicted molar refractivity (Wildman–Crippen MR) is 89.0 cm³/mol. The average Bonchev–Trinajstić information content (AvgIpc) is 3.19. The van der Waals surface area contributed by atoms with Crippen LogP contribution in [-0.2, 0) is 4.79 Å². The number of aryl methyl sites for hydroxylation is 1. The number of aromatic nitrogens is 3. The molecule has 0 bridgehead atoms. The van der Waals surface area contributed by atoms with Gasteiger partial charge in [0.15, 0.2) is 5.65 Å². The maximum absolute atomic E-state index is 13.0. The van der Waals surface area contributed by atoms with Crippen LogP contribution in [0, 0.1) is 6.92 Å². The first-order chi connectivity index (χ1) is 11.4. The molecule has 1 amide bonds. The van der Waals surface area contributed by atoms with Gasteiger partial charge in [-0.15, -0.1) is 0 Å². The van der Waals surface area contributed by atoms with Crippen molar-refractivity contribution in [3.05, 3.63) is 23.5 Å². The van der Waals surface area contributed by atoms with Gasteiger partial charge in [0.25, 0.3) is 5.91 Å². The molecule has 2 aromatic heterocycles. The van der Waals surface area contributed by atoms with Crippen LogP contribution < -0.4 is 0 Å². The van der Waals surface area contributed by atoms with E-state index in [0.717, 1.165) is 12.1 Å². The third-order valence-corrected chi connectivity index (χ3v) is 4.73. The summed E-state index contributed by atoms with van der Waals surface area (Å²) in [5, 5.41) is 14.4. The van der Waals surface area contributed by atoms with E-state index in [1.807, 2.05) is 11.6 Å². The van der Waals surface area contributed by atoms with E-state index >= 15 is 0 Å². The Balaban J connectivity index is 2.08. The Hall–Kier alpha value is -2.44. The highest BCUT2D eigenvalue weighted by Gasteiger charge is 2.35. The highest BCUT2D eigenvalue weighted by Crippen LogP contribution is 2.26. The van der Waals surface area contributed by atoms with Crippen LogP contribution in [-0.4, -0.2) is 49.2 Å². The molecule has 2 aromatic rings. The predicted octanol–water partition coefficient (Wildman–Crippen LogP) is 2.40. The number of aliphatic carboxylic acids is 1. The Labute approximate surface area is 140 Å². The lowest BCUT2D eigenvalue weighted by Gasteiger charge is -2.22. The van der Waals surface area contributed by atoms with Crippen LogP contribution in [0.4, 0.5) is 0 Å². The Morgan fingerprint density at radius 2 is 2.21 bits per heavy atom. The number of pyridine rings is 1. The third kappa shape index (κ3) is 2.64. The summed E-state index contributed by atoms with van der Waals surface area (Å²) in [6, 6.07) is 1.16. The number of carbonyl (C=O) groups excluding carboxylic acids is 1. The SMILES string of the molecule is CC[C@H](C)n1ncc2c(C(=O)N3CCC[C@@H]3C(=O)O)cc(C)nc21. The smallest absolute Gasteiger partial charge is 0.326 e. The van der Waals surface area contributed by atoms with Crippen LogP contribution >= 0.6 is 0 Å². The summed E-state index contributed by atoms with van der Waals surface area (Å²) in [6.07, 6.45) is 3.78. The molecule has 1 N–H and O–H groups in total. The van der Waals surface area contributed by atoms with Crippen LogP contribution in [0.1, 0.15) is 55.2 Å². The van der Waals surface area contributed by atoms with Crippen molar-refractivity contribution in [1.82, 2.24) is 19.7 Å². The summed E-state index contributed by atoms with van der Waals surface area (Å²) in [5.41, 5.74) is 1.89. The second-order valence-corrected chi connectivity index (χ2v) is 6.39. The molecular formula is C17H22N4O3. The van der Waals surface area contributed by atoms with Gasteiger partial charge >= 0.3 is 5.97 Å². The van der Waals surface area contributed by atoms with Crippen LogP contribution in [0.5, 0.6) is 0 Å². The minimum atomic E-state index is -0.946. The van der Waals surface area contributed by atoms with Gasteiger partial charge in [0.1, 0.15) is 6.04 Å². The number of rotatable bonds is 4. The largest absolute Gasteiger partial charge is 0.480 e. The molecule has 3 rings (SSSR count). The van der Waals surface area contributed by atoms with Gasteiger partial charge in [0.05, 0.1) is 23.2 Å². The van der Waals surface area contributed by atoms with Crippen molar-refractivity contribution in [3.63, 3.8) is 0 Å². The molecule has 7 nitrogen and oxygen atoms in total. The molecule has 1 aliphatic rings. The van der Waals surface area contributed by atoms with E-state index in [1.54, 1.807) is 12.3 Å². The van der Waals surface area contributed by atoms with Crippen molar-refractivity contribution in [2.75, 3.05) is 6.54 Å². The van der Waals surface area contributed by atoms with Crippen molar-refractivity contribution >= 4 is 22.9 Å². The molecule has 0 radical (unpaired) electrons. The summed E-state index contributed by atoms with van der Waals surface area (Å²) in [4.78, 5) is 30.4. The van der Waals surface area contributed by atoms with E-state index in [4.69, 9.17) is 0 Å². The summed E-state index contributed by atoms with van der Waals surface area (Å²) in [5.74, 6) is -1.20. The third-order valence-electron chi connectivity index (χ3n) is 4.73. The number of amides is 1. The topological polar surface area (TPSA) is 88.3 Å². The van der Waals surface area contributed by atoms with Gasteiger partial charge < -0.3 is 10.0 Å². The number of likely N-dealkylation sites (tertiary alicyclic amines) is 1. The van der Waals surface area contributed by atoms with Gasteiger partial charge in [-0.2, -0.15) is 5.10 Å². The molecule has 2 atom stereocenters. The fourth-order valence-electron chi connectivity index (χ4n) is 3.24. The van der Waals surface area contributed by atoms with E-state index in [0.29, 0.717) is 36.0 Å². The van der Waals surface area contributed by atoms with Gasteiger partial charge in [0.2, 0.25) is 0 Å². The Morgan fingerprint density at radius 3 is 2.88 bits per heavy atom. The fourth-order valence-corrected chi connectivity index (χ4v) is 3.24. The van der Waals surface area contributed by atoms with Crippen molar-refractivity contribution in [2.45, 2.75) is 52.1 Å². The molecule has 0 saturated carbocycles. The molecule has 1 saturated heterocycles. The molecule has 0 spiro atoms. The molecular weight excluding hydrogens is 308 g/mol. The number of carbonyl (C=O) groups is 2. The average molecular weight is 330 g/mol. The molecule has 1 fully saturated rings. The van der Waals surface area contributed by atoms with E-state index in [1.165, 1.54) is 4.90 Å². The zero-order valence-electron chi connectivity index (χ0n) is 14.2. The molecule has 24 heavy (non-hydrogen) atoms. The number of nitrogens with zero attached hydrogens (tertiary/aromatic N) is 4. The minimum Gasteiger partial charge on any atom is -0.480 e. The van der Waals surface area contributed by atoms with Crippen molar-refractivity contribution in [1.29, 1.82) is 0 Å². The number of hydrogen-bond donors (Lipinski definition) is 1. The first kappa shape index (κ1) is 16.4. The lowest BCUT2D eigenvalue weighted by molar-refractivity contribution is -0.141. The summed E-state index contributed by atoms with van der Waals surface area (Å²) < 4.78 is 1.83. The number of hydrogen-bond acceptors (Lipinski definition) is 4. The first-order valence-electron chi connectivity index (χ1n) is 8.32. The Bertz CT molecular complexity index is 798. The number of carboxylic acids is 1. The van der Waals surface area contributed by atoms with Crippen LogP contribution in [0.3, 0.4) is 0 Å². The molecule has 3 heterocycles. The highest BCUT2D eigenvalue weighted by atomic mass is 16.4. The molecule has 0 aliphatic carbocycles. The number of fused-ring (bicyclic) bond motifs is 1. The van der Waals surface area contributed by atoms with Gasteiger partial charge in [0, 0.05) is 12.2 Å². The normalized spacial score (nSPS) is 19.0. The number of carboxylic acid groups (broad SMARTS) is 1. The van der Waals surface area contributed by atoms with E-state index < -0.39 is 12.0 Å². The molecule has 0 unspecified atom stereocenters. The Kier molecular flexibility index (Phi) is 4.26. The maximum atomic E-state index is 13.0. The zero-order chi connectivity index (χ0) is 17.4. The highest BCUT2D eigenvalue weighted by molar-refractivity contribution is 6.06. The lowest BCUT2D eigenvalue weighted by Crippen LogP contribution is -2.40. The van der Waals surface area contributed by atoms with Crippen molar-refractivity contribution in [3.8, 4) is 0 Å². The van der Waals surface area contributed by atoms with Crippen molar-refractivity contribution in [2.24, 2.45) is 0 Å². The quantitative estimate of drug-likeness (QED) is 0.930. The zero-order valence-corrected chi connectivity index (χ0v) is 14.2. The molecule has 128 valence electrons. The summed E-state index contributed by atoms with van der Waals surface area (Å²) in [7, 11) is 0. The van der Waals surface area contributed by atoms with Gasteiger partial charge in [-0.05, 0) is 39.2 Å². The molecule has 7 heteroatoms. The molecule has 1 aliphatic heterocycles. The van der Waals surface area contributed by atoms with E-state index in [-0.39, 0.29) is 11.9 Å². The van der Waals surface area contributed by atoms with Gasteiger partial charge in [-0.25, -0.2) is 14.5 Å². The van der Waals surface area contributed by atoms with Crippen LogP contribution in [0.25, 0.3) is 11.0 Å². The minimum absolute atomic E-state index is 0.179. The second kappa shape index (κ2) is 6.22. The summed E-state index contributed by atoms with van der Waals surface area (Å²) in [6.45, 7) is 6.43. The molecule has 0 aromatic carbocycles. The van der Waals surface area contributed by atoms with Crippen LogP contribution in [0.15, 0.2) is 12.3 Å². The second-order valence-electron chi connectivity index (χ2n) is 6.39.